The van der Waals surface area contributed by atoms with Crippen LogP contribution in [0, 0.1) is 0 Å². The maximum absolute atomic E-state index is 13.1. The summed E-state index contributed by atoms with van der Waals surface area (Å²) in [5.74, 6) is 0.690. The molecule has 3 aromatic heterocycles. The highest BCUT2D eigenvalue weighted by atomic mass is 79.9. The molecular weight excluding hydrogens is 475 g/mol. The van der Waals surface area contributed by atoms with Crippen LogP contribution in [0.5, 0.6) is 0 Å². The number of amidine groups is 1. The van der Waals surface area contributed by atoms with Crippen LogP contribution in [0.25, 0.3) is 11.0 Å². The van der Waals surface area contributed by atoms with Gasteiger partial charge in [0.2, 0.25) is 0 Å². The lowest BCUT2D eigenvalue weighted by molar-refractivity contribution is -0.140. The molecular formula is C20H19BrF3N7. The number of hydrogen-bond donors (Lipinski definition) is 2. The predicted molar refractivity (Wildman–Crippen MR) is 117 cm³/mol. The average Bonchev–Trinajstić information content (AvgIpc) is 3.21. The van der Waals surface area contributed by atoms with Crippen LogP contribution in [0.4, 0.5) is 18.9 Å². The van der Waals surface area contributed by atoms with Crippen LogP contribution in [0.15, 0.2) is 45.2 Å². The quantitative estimate of drug-likeness (QED) is 0.426. The summed E-state index contributed by atoms with van der Waals surface area (Å²) in [6, 6.07) is 2.76. The smallest absolute Gasteiger partial charge is 0.354 e. The molecule has 0 unspecified atom stereocenters. The highest BCUT2D eigenvalue weighted by molar-refractivity contribution is 9.10. The minimum absolute atomic E-state index is 0.179. The van der Waals surface area contributed by atoms with Crippen molar-refractivity contribution in [1.82, 2.24) is 25.2 Å². The van der Waals surface area contributed by atoms with Crippen molar-refractivity contribution >= 4 is 45.2 Å². The number of H-pyrrole nitrogens is 1. The third-order valence-electron chi connectivity index (χ3n) is 5.02. The number of rotatable bonds is 4. The van der Waals surface area contributed by atoms with E-state index in [0.717, 1.165) is 42.3 Å². The number of hydrogen-bond acceptors (Lipinski definition) is 5. The van der Waals surface area contributed by atoms with E-state index in [4.69, 9.17) is 4.99 Å². The van der Waals surface area contributed by atoms with Crippen molar-refractivity contribution < 1.29 is 13.2 Å². The van der Waals surface area contributed by atoms with Gasteiger partial charge >= 0.3 is 6.18 Å². The van der Waals surface area contributed by atoms with E-state index in [-0.39, 0.29) is 12.2 Å². The van der Waals surface area contributed by atoms with Crippen LogP contribution in [-0.4, -0.2) is 58.6 Å². The number of fused-ring (bicyclic) bond motifs is 1. The van der Waals surface area contributed by atoms with Crippen LogP contribution in [0.1, 0.15) is 16.8 Å². The van der Waals surface area contributed by atoms with Gasteiger partial charge in [-0.05, 0) is 40.3 Å². The van der Waals surface area contributed by atoms with Gasteiger partial charge in [-0.2, -0.15) is 13.2 Å². The van der Waals surface area contributed by atoms with Gasteiger partial charge in [-0.25, -0.2) is 4.98 Å². The Kier molecular flexibility index (Phi) is 6.05. The van der Waals surface area contributed by atoms with E-state index in [1.807, 2.05) is 0 Å². The van der Waals surface area contributed by atoms with Gasteiger partial charge in [-0.3, -0.25) is 15.0 Å². The fourth-order valence-corrected chi connectivity index (χ4v) is 4.01. The van der Waals surface area contributed by atoms with Crippen molar-refractivity contribution in [3.8, 4) is 0 Å². The highest BCUT2D eigenvalue weighted by Crippen LogP contribution is 2.32. The first-order valence-corrected chi connectivity index (χ1v) is 10.3. The monoisotopic (exact) mass is 493 g/mol. The van der Waals surface area contributed by atoms with Gasteiger partial charge in [0.1, 0.15) is 17.2 Å². The number of nitrogens with one attached hydrogen (secondary N) is 2. The molecule has 0 amide bonds. The minimum atomic E-state index is -4.47. The largest absolute Gasteiger partial charge is 0.431 e. The zero-order valence-electron chi connectivity index (χ0n) is 16.4. The number of piperazine rings is 1. The fraction of sp³-hybridized carbons (Fsp3) is 0.300. The van der Waals surface area contributed by atoms with Gasteiger partial charge in [0.05, 0.1) is 24.0 Å². The topological polar surface area (TPSA) is 81.6 Å². The van der Waals surface area contributed by atoms with E-state index in [1.165, 1.54) is 6.20 Å². The third-order valence-corrected chi connectivity index (χ3v) is 5.62. The standard InChI is InChI=1S/C20H19BrF3N7/c1-25-15-11-27-10-14(21)17(15)19(31-6-4-26-5-7-31)29-9-12-2-3-28-18-13(12)8-16(30-18)20(22,23)24/h2-3,8,10-11,26H,1,4-7,9H2,(H,28,30). The molecule has 162 valence electrons. The lowest BCUT2D eigenvalue weighted by atomic mass is 10.1. The van der Waals surface area contributed by atoms with Gasteiger partial charge in [-0.15, -0.1) is 0 Å². The summed E-state index contributed by atoms with van der Waals surface area (Å²) in [6.07, 6.45) is 0.276. The van der Waals surface area contributed by atoms with Crippen molar-refractivity contribution in [1.29, 1.82) is 0 Å². The van der Waals surface area contributed by atoms with Gasteiger partial charge in [0, 0.05) is 48.4 Å². The second kappa shape index (κ2) is 8.75. The molecule has 0 spiro atoms. The molecule has 4 rings (SSSR count). The normalized spacial score (nSPS) is 15.5. The summed E-state index contributed by atoms with van der Waals surface area (Å²) >= 11 is 3.53. The number of halogens is 4. The van der Waals surface area contributed by atoms with E-state index >= 15 is 0 Å². The maximum Gasteiger partial charge on any atom is 0.431 e. The lowest BCUT2D eigenvalue weighted by Crippen LogP contribution is -2.47. The van der Waals surface area contributed by atoms with E-state index in [0.29, 0.717) is 22.5 Å². The second-order valence-corrected chi connectivity index (χ2v) is 7.82. The molecule has 31 heavy (non-hydrogen) atoms. The molecule has 7 nitrogen and oxygen atoms in total. The molecule has 1 saturated heterocycles. The first-order chi connectivity index (χ1) is 14.9. The maximum atomic E-state index is 13.1. The molecule has 3 aromatic rings. The molecule has 0 saturated carbocycles. The Labute approximate surface area is 184 Å². The van der Waals surface area contributed by atoms with E-state index in [9.17, 15) is 13.2 Å². The van der Waals surface area contributed by atoms with E-state index in [2.05, 4.69) is 52.8 Å². The molecule has 0 aromatic carbocycles. The molecule has 0 aliphatic carbocycles. The summed E-state index contributed by atoms with van der Waals surface area (Å²) in [7, 11) is 0. The summed E-state index contributed by atoms with van der Waals surface area (Å²) in [5, 5.41) is 3.70. The summed E-state index contributed by atoms with van der Waals surface area (Å²) in [5.41, 5.74) is 1.32. The number of alkyl halides is 3. The molecule has 0 radical (unpaired) electrons. The van der Waals surface area contributed by atoms with Crippen molar-refractivity contribution in [2.45, 2.75) is 12.7 Å². The molecule has 0 atom stereocenters. The van der Waals surface area contributed by atoms with Gasteiger partial charge < -0.3 is 15.2 Å². The number of aromatic amines is 1. The van der Waals surface area contributed by atoms with Gasteiger partial charge in [0.15, 0.2) is 0 Å². The highest BCUT2D eigenvalue weighted by Gasteiger charge is 2.33. The Morgan fingerprint density at radius 2 is 2.03 bits per heavy atom. The van der Waals surface area contributed by atoms with Crippen LogP contribution in [-0.2, 0) is 12.7 Å². The predicted octanol–water partition coefficient (Wildman–Crippen LogP) is 3.92. The molecule has 1 fully saturated rings. The van der Waals surface area contributed by atoms with E-state index < -0.39 is 11.9 Å². The van der Waals surface area contributed by atoms with Crippen molar-refractivity contribution in [2.75, 3.05) is 26.2 Å². The number of nitrogens with zero attached hydrogens (tertiary/aromatic N) is 5. The van der Waals surface area contributed by atoms with Crippen molar-refractivity contribution in [3.05, 3.63) is 52.0 Å². The first kappa shape index (κ1) is 21.4. The van der Waals surface area contributed by atoms with Crippen LogP contribution < -0.4 is 5.32 Å². The Hall–Kier alpha value is -2.79. The average molecular weight is 494 g/mol. The number of aliphatic imine (C=N–C) groups is 2. The van der Waals surface area contributed by atoms with Gasteiger partial charge in [0.25, 0.3) is 0 Å². The molecule has 0 bridgehead atoms. The molecule has 4 heterocycles. The van der Waals surface area contributed by atoms with Gasteiger partial charge in [-0.1, -0.05) is 0 Å². The fourth-order valence-electron chi connectivity index (χ4n) is 3.51. The van der Waals surface area contributed by atoms with Crippen LogP contribution in [0.2, 0.25) is 0 Å². The number of pyridine rings is 2. The molecule has 1 aliphatic heterocycles. The van der Waals surface area contributed by atoms with Crippen LogP contribution in [0.3, 0.4) is 0 Å². The van der Waals surface area contributed by atoms with E-state index in [1.54, 1.807) is 18.5 Å². The number of aromatic nitrogens is 3. The Balaban J connectivity index is 1.78. The summed E-state index contributed by atoms with van der Waals surface area (Å²) in [4.78, 5) is 21.5. The summed E-state index contributed by atoms with van der Waals surface area (Å²) < 4.78 is 40.1. The Bertz CT molecular complexity index is 1130. The first-order valence-electron chi connectivity index (χ1n) is 9.53. The Morgan fingerprint density at radius 3 is 2.74 bits per heavy atom. The zero-order chi connectivity index (χ0) is 22.0. The Morgan fingerprint density at radius 1 is 1.26 bits per heavy atom. The second-order valence-electron chi connectivity index (χ2n) is 6.96. The minimum Gasteiger partial charge on any atom is -0.354 e. The van der Waals surface area contributed by atoms with Crippen molar-refractivity contribution in [2.24, 2.45) is 9.98 Å². The summed E-state index contributed by atoms with van der Waals surface area (Å²) in [6.45, 7) is 6.87. The van der Waals surface area contributed by atoms with Crippen molar-refractivity contribution in [3.63, 3.8) is 0 Å². The molecule has 1 aliphatic rings. The van der Waals surface area contributed by atoms with Crippen LogP contribution >= 0.6 is 15.9 Å². The molecule has 11 heteroatoms. The zero-order valence-corrected chi connectivity index (χ0v) is 18.0. The SMILES string of the molecule is C=Nc1cncc(Br)c1C(=NCc1ccnc2[nH]c(C(F)(F)F)cc12)N1CCNCC1. The molecule has 2 N–H and O–H groups in total. The third kappa shape index (κ3) is 4.47. The lowest BCUT2D eigenvalue weighted by Gasteiger charge is -2.31.